The number of furan rings is 1. The first-order valence-corrected chi connectivity index (χ1v) is 4.39. The van der Waals surface area contributed by atoms with Crippen molar-refractivity contribution in [1.29, 1.82) is 0 Å². The zero-order chi connectivity index (χ0) is 9.47. The molecule has 0 aromatic carbocycles. The minimum atomic E-state index is -0.536. The fourth-order valence-electron chi connectivity index (χ4n) is 1.59. The molecule has 1 unspecified atom stereocenters. The van der Waals surface area contributed by atoms with Crippen molar-refractivity contribution in [2.24, 2.45) is 0 Å². The van der Waals surface area contributed by atoms with Crippen LogP contribution in [0.25, 0.3) is 0 Å². The van der Waals surface area contributed by atoms with Gasteiger partial charge in [0.05, 0.1) is 0 Å². The Labute approximate surface area is 76.7 Å². The molecule has 1 aromatic heterocycles. The van der Waals surface area contributed by atoms with Gasteiger partial charge in [-0.2, -0.15) is 0 Å². The quantitative estimate of drug-likeness (QED) is 0.621. The zero-order valence-electron chi connectivity index (χ0n) is 7.79. The monoisotopic (exact) mass is 180 g/mol. The van der Waals surface area contributed by atoms with E-state index in [1.807, 2.05) is 26.0 Å². The Morgan fingerprint density at radius 1 is 1.46 bits per heavy atom. The van der Waals surface area contributed by atoms with Crippen molar-refractivity contribution in [1.82, 2.24) is 0 Å². The number of esters is 1. The summed E-state index contributed by atoms with van der Waals surface area (Å²) in [6, 6.07) is 3.75. The number of rotatable bonds is 1. The molecule has 13 heavy (non-hydrogen) atoms. The molecule has 70 valence electrons. The standard InChI is InChI=1S/C10H12O3/c1-7-3-4-8(12-7)10(2)6-5-9(11)13-10/h3-4H,5-6H2,1-2H3. The number of hydrogen-bond acceptors (Lipinski definition) is 3. The minimum Gasteiger partial charge on any atom is -0.462 e. The highest BCUT2D eigenvalue weighted by Crippen LogP contribution is 2.36. The lowest BCUT2D eigenvalue weighted by Gasteiger charge is -2.19. The average molecular weight is 180 g/mol. The predicted octanol–water partition coefficient (Wildman–Crippen LogP) is 2.14. The molecule has 0 bridgehead atoms. The molecule has 1 aromatic rings. The lowest BCUT2D eigenvalue weighted by molar-refractivity contribution is -0.149. The van der Waals surface area contributed by atoms with Crippen LogP contribution < -0.4 is 0 Å². The van der Waals surface area contributed by atoms with Crippen LogP contribution in [0.5, 0.6) is 0 Å². The Hall–Kier alpha value is -1.25. The maximum absolute atomic E-state index is 11.0. The van der Waals surface area contributed by atoms with Gasteiger partial charge in [-0.15, -0.1) is 0 Å². The van der Waals surface area contributed by atoms with Gasteiger partial charge in [-0.25, -0.2) is 0 Å². The molecule has 2 rings (SSSR count). The molecular weight excluding hydrogens is 168 g/mol. The molecule has 0 radical (unpaired) electrons. The molecule has 0 N–H and O–H groups in total. The first-order chi connectivity index (χ1) is 6.10. The minimum absolute atomic E-state index is 0.142. The molecule has 1 saturated heterocycles. The van der Waals surface area contributed by atoms with Gasteiger partial charge in [-0.05, 0) is 26.0 Å². The largest absolute Gasteiger partial charge is 0.462 e. The molecule has 1 atom stereocenters. The predicted molar refractivity (Wildman–Crippen MR) is 46.1 cm³/mol. The van der Waals surface area contributed by atoms with E-state index in [2.05, 4.69) is 0 Å². The number of aryl methyl sites for hydroxylation is 1. The van der Waals surface area contributed by atoms with E-state index in [0.29, 0.717) is 12.8 Å². The third-order valence-electron chi connectivity index (χ3n) is 2.41. The Balaban J connectivity index is 2.30. The Bertz CT molecular complexity index is 340. The summed E-state index contributed by atoms with van der Waals surface area (Å²) in [5, 5.41) is 0. The van der Waals surface area contributed by atoms with Crippen molar-refractivity contribution in [3.63, 3.8) is 0 Å². The highest BCUT2D eigenvalue weighted by atomic mass is 16.6. The van der Waals surface area contributed by atoms with Gasteiger partial charge in [0.15, 0.2) is 5.60 Å². The van der Waals surface area contributed by atoms with E-state index in [1.165, 1.54) is 0 Å². The van der Waals surface area contributed by atoms with Crippen molar-refractivity contribution < 1.29 is 13.9 Å². The molecule has 2 heterocycles. The van der Waals surface area contributed by atoms with Gasteiger partial charge in [0, 0.05) is 12.8 Å². The lowest BCUT2D eigenvalue weighted by atomic mass is 10.00. The number of ether oxygens (including phenoxy) is 1. The van der Waals surface area contributed by atoms with E-state index in [9.17, 15) is 4.79 Å². The smallest absolute Gasteiger partial charge is 0.306 e. The maximum Gasteiger partial charge on any atom is 0.306 e. The van der Waals surface area contributed by atoms with Gasteiger partial charge in [0.25, 0.3) is 0 Å². The van der Waals surface area contributed by atoms with E-state index in [-0.39, 0.29) is 5.97 Å². The summed E-state index contributed by atoms with van der Waals surface area (Å²) >= 11 is 0. The summed E-state index contributed by atoms with van der Waals surface area (Å²) in [4.78, 5) is 11.0. The van der Waals surface area contributed by atoms with E-state index in [4.69, 9.17) is 9.15 Å². The fraction of sp³-hybridized carbons (Fsp3) is 0.500. The molecule has 1 aliphatic rings. The summed E-state index contributed by atoms with van der Waals surface area (Å²) in [5.41, 5.74) is -0.536. The molecule has 1 aliphatic heterocycles. The van der Waals surface area contributed by atoms with Crippen LogP contribution >= 0.6 is 0 Å². The molecule has 0 aliphatic carbocycles. The first-order valence-electron chi connectivity index (χ1n) is 4.39. The van der Waals surface area contributed by atoms with Crippen LogP contribution in [0.2, 0.25) is 0 Å². The van der Waals surface area contributed by atoms with Crippen molar-refractivity contribution in [2.75, 3.05) is 0 Å². The summed E-state index contributed by atoms with van der Waals surface area (Å²) in [5.74, 6) is 1.45. The van der Waals surface area contributed by atoms with Crippen LogP contribution in [0, 0.1) is 6.92 Å². The highest BCUT2D eigenvalue weighted by molar-refractivity contribution is 5.72. The number of hydrogen-bond donors (Lipinski definition) is 0. The van der Waals surface area contributed by atoms with Crippen LogP contribution in [-0.4, -0.2) is 5.97 Å². The van der Waals surface area contributed by atoms with Crippen LogP contribution in [0.15, 0.2) is 16.5 Å². The number of carbonyl (C=O) groups excluding carboxylic acids is 1. The molecule has 0 spiro atoms. The normalized spacial score (nSPS) is 27.7. The highest BCUT2D eigenvalue weighted by Gasteiger charge is 2.39. The van der Waals surface area contributed by atoms with Gasteiger partial charge >= 0.3 is 5.97 Å². The average Bonchev–Trinajstić information content (AvgIpc) is 2.60. The van der Waals surface area contributed by atoms with Crippen LogP contribution in [0.1, 0.15) is 31.3 Å². The third-order valence-corrected chi connectivity index (χ3v) is 2.41. The second kappa shape index (κ2) is 2.62. The topological polar surface area (TPSA) is 39.4 Å². The van der Waals surface area contributed by atoms with E-state index in [1.54, 1.807) is 0 Å². The van der Waals surface area contributed by atoms with E-state index < -0.39 is 5.60 Å². The SMILES string of the molecule is Cc1ccc(C2(C)CCC(=O)O2)o1. The fourth-order valence-corrected chi connectivity index (χ4v) is 1.59. The molecule has 1 fully saturated rings. The van der Waals surface area contributed by atoms with Gasteiger partial charge in [-0.1, -0.05) is 0 Å². The van der Waals surface area contributed by atoms with Crippen molar-refractivity contribution >= 4 is 5.97 Å². The molecule has 3 heteroatoms. The van der Waals surface area contributed by atoms with Gasteiger partial charge in [0.2, 0.25) is 0 Å². The summed E-state index contributed by atoms with van der Waals surface area (Å²) in [6.07, 6.45) is 1.19. The molecule has 0 amide bonds. The van der Waals surface area contributed by atoms with E-state index in [0.717, 1.165) is 11.5 Å². The third kappa shape index (κ3) is 1.34. The van der Waals surface area contributed by atoms with Gasteiger partial charge in [0.1, 0.15) is 11.5 Å². The van der Waals surface area contributed by atoms with Crippen LogP contribution in [-0.2, 0) is 15.1 Å². The Kier molecular flexibility index (Phi) is 1.68. The Morgan fingerprint density at radius 3 is 2.69 bits per heavy atom. The molecular formula is C10H12O3. The number of carbonyl (C=O) groups is 1. The summed E-state index contributed by atoms with van der Waals surface area (Å²) < 4.78 is 10.7. The van der Waals surface area contributed by atoms with Gasteiger partial charge in [-0.3, -0.25) is 4.79 Å². The van der Waals surface area contributed by atoms with E-state index >= 15 is 0 Å². The van der Waals surface area contributed by atoms with Crippen molar-refractivity contribution in [3.05, 3.63) is 23.7 Å². The second-order valence-corrected chi connectivity index (χ2v) is 3.62. The second-order valence-electron chi connectivity index (χ2n) is 3.62. The zero-order valence-corrected chi connectivity index (χ0v) is 7.79. The Morgan fingerprint density at radius 2 is 2.23 bits per heavy atom. The molecule has 3 nitrogen and oxygen atoms in total. The molecule has 0 saturated carbocycles. The van der Waals surface area contributed by atoms with Crippen molar-refractivity contribution in [3.8, 4) is 0 Å². The van der Waals surface area contributed by atoms with Crippen molar-refractivity contribution in [2.45, 2.75) is 32.3 Å². The summed E-state index contributed by atoms with van der Waals surface area (Å²) in [6.45, 7) is 3.76. The first kappa shape index (κ1) is 8.35. The van der Waals surface area contributed by atoms with Gasteiger partial charge < -0.3 is 9.15 Å². The lowest BCUT2D eigenvalue weighted by Crippen LogP contribution is -2.19. The summed E-state index contributed by atoms with van der Waals surface area (Å²) in [7, 11) is 0. The van der Waals surface area contributed by atoms with Crippen LogP contribution in [0.4, 0.5) is 0 Å². The van der Waals surface area contributed by atoms with Crippen LogP contribution in [0.3, 0.4) is 0 Å². The maximum atomic E-state index is 11.0. The number of cyclic esters (lactones) is 1.